The van der Waals surface area contributed by atoms with Gasteiger partial charge in [-0.05, 0) is 38.1 Å². The van der Waals surface area contributed by atoms with Crippen molar-refractivity contribution in [2.45, 2.75) is 20.0 Å². The van der Waals surface area contributed by atoms with Crippen molar-refractivity contribution in [1.29, 1.82) is 0 Å². The Bertz CT molecular complexity index is 831. The molecule has 3 rings (SSSR count). The SMILES string of the molecule is Cc1ccc(O[C@H](C)CNC(=O)c2ccnc(-n3cncn3)c2)cc1. The highest BCUT2D eigenvalue weighted by Gasteiger charge is 2.11. The summed E-state index contributed by atoms with van der Waals surface area (Å²) in [4.78, 5) is 20.4. The molecule has 7 nitrogen and oxygen atoms in total. The van der Waals surface area contributed by atoms with E-state index in [1.54, 1.807) is 18.3 Å². The molecular formula is C18H19N5O2. The predicted molar refractivity (Wildman–Crippen MR) is 92.8 cm³/mol. The topological polar surface area (TPSA) is 81.9 Å². The van der Waals surface area contributed by atoms with Crippen LogP contribution in [0.5, 0.6) is 5.75 Å². The third-order valence-corrected chi connectivity index (χ3v) is 3.57. The van der Waals surface area contributed by atoms with Gasteiger partial charge in [0.2, 0.25) is 0 Å². The van der Waals surface area contributed by atoms with Gasteiger partial charge in [-0.1, -0.05) is 17.7 Å². The second kappa shape index (κ2) is 7.57. The molecule has 7 heteroatoms. The molecule has 1 atom stereocenters. The minimum absolute atomic E-state index is 0.150. The summed E-state index contributed by atoms with van der Waals surface area (Å²) in [6, 6.07) is 11.1. The number of ether oxygens (including phenoxy) is 1. The van der Waals surface area contributed by atoms with Gasteiger partial charge in [0.05, 0.1) is 6.54 Å². The van der Waals surface area contributed by atoms with Crippen molar-refractivity contribution < 1.29 is 9.53 Å². The van der Waals surface area contributed by atoms with Crippen LogP contribution in [-0.2, 0) is 0 Å². The van der Waals surface area contributed by atoms with Crippen LogP contribution in [0.4, 0.5) is 0 Å². The van der Waals surface area contributed by atoms with E-state index in [1.807, 2.05) is 38.1 Å². The number of hydrogen-bond acceptors (Lipinski definition) is 5. The van der Waals surface area contributed by atoms with E-state index < -0.39 is 0 Å². The van der Waals surface area contributed by atoms with Crippen LogP contribution in [0.1, 0.15) is 22.8 Å². The molecule has 0 aliphatic rings. The average Bonchev–Trinajstić information content (AvgIpc) is 3.16. The fourth-order valence-corrected chi connectivity index (χ4v) is 2.24. The van der Waals surface area contributed by atoms with Gasteiger partial charge in [-0.15, -0.1) is 0 Å². The first-order chi connectivity index (χ1) is 12.1. The summed E-state index contributed by atoms with van der Waals surface area (Å²) < 4.78 is 7.29. The normalized spacial score (nSPS) is 11.8. The second-order valence-electron chi connectivity index (χ2n) is 5.69. The molecule has 0 bridgehead atoms. The smallest absolute Gasteiger partial charge is 0.251 e. The Hall–Kier alpha value is -3.22. The van der Waals surface area contributed by atoms with Gasteiger partial charge >= 0.3 is 0 Å². The van der Waals surface area contributed by atoms with E-state index >= 15 is 0 Å². The molecule has 0 aliphatic heterocycles. The van der Waals surface area contributed by atoms with Gasteiger partial charge < -0.3 is 10.1 Å². The van der Waals surface area contributed by atoms with Crippen LogP contribution < -0.4 is 10.1 Å². The molecule has 2 aromatic heterocycles. The Morgan fingerprint density at radius 3 is 2.80 bits per heavy atom. The lowest BCUT2D eigenvalue weighted by atomic mass is 10.2. The number of hydrogen-bond donors (Lipinski definition) is 1. The molecule has 0 aliphatic carbocycles. The molecular weight excluding hydrogens is 318 g/mol. The van der Waals surface area contributed by atoms with Crippen LogP contribution in [0.15, 0.2) is 55.2 Å². The first-order valence-electron chi connectivity index (χ1n) is 7.94. The van der Waals surface area contributed by atoms with Crippen molar-refractivity contribution in [1.82, 2.24) is 25.1 Å². The predicted octanol–water partition coefficient (Wildman–Crippen LogP) is 2.17. The number of amides is 1. The summed E-state index contributed by atoms with van der Waals surface area (Å²) in [5.41, 5.74) is 1.68. The molecule has 25 heavy (non-hydrogen) atoms. The summed E-state index contributed by atoms with van der Waals surface area (Å²) in [6.45, 7) is 4.33. The van der Waals surface area contributed by atoms with Crippen molar-refractivity contribution in [2.75, 3.05) is 6.54 Å². The molecule has 1 amide bonds. The third kappa shape index (κ3) is 4.41. The van der Waals surface area contributed by atoms with Crippen LogP contribution in [0.3, 0.4) is 0 Å². The minimum Gasteiger partial charge on any atom is -0.489 e. The van der Waals surface area contributed by atoms with Crippen molar-refractivity contribution >= 4 is 5.91 Å². The summed E-state index contributed by atoms with van der Waals surface area (Å²) in [7, 11) is 0. The van der Waals surface area contributed by atoms with Gasteiger partial charge in [0, 0.05) is 11.8 Å². The first-order valence-corrected chi connectivity index (χ1v) is 7.94. The molecule has 1 N–H and O–H groups in total. The number of benzene rings is 1. The Balaban J connectivity index is 1.57. The highest BCUT2D eigenvalue weighted by atomic mass is 16.5. The average molecular weight is 337 g/mol. The molecule has 2 heterocycles. The fraction of sp³-hybridized carbons (Fsp3) is 0.222. The van der Waals surface area contributed by atoms with Gasteiger partial charge in [0.25, 0.3) is 5.91 Å². The zero-order valence-corrected chi connectivity index (χ0v) is 14.1. The minimum atomic E-state index is -0.192. The zero-order valence-electron chi connectivity index (χ0n) is 14.1. The third-order valence-electron chi connectivity index (χ3n) is 3.57. The molecule has 0 fully saturated rings. The van der Waals surface area contributed by atoms with Crippen molar-refractivity contribution in [3.05, 3.63) is 66.4 Å². The van der Waals surface area contributed by atoms with Crippen molar-refractivity contribution in [3.8, 4) is 11.6 Å². The molecule has 0 radical (unpaired) electrons. The van der Waals surface area contributed by atoms with Crippen LogP contribution in [0, 0.1) is 6.92 Å². The Kier molecular flexibility index (Phi) is 5.03. The fourth-order valence-electron chi connectivity index (χ4n) is 2.24. The summed E-state index contributed by atoms with van der Waals surface area (Å²) in [5.74, 6) is 1.13. The molecule has 1 aromatic carbocycles. The molecule has 3 aromatic rings. The Morgan fingerprint density at radius 1 is 1.28 bits per heavy atom. The molecule has 0 saturated heterocycles. The van der Waals surface area contributed by atoms with Crippen molar-refractivity contribution in [3.63, 3.8) is 0 Å². The van der Waals surface area contributed by atoms with E-state index in [1.165, 1.54) is 22.9 Å². The maximum atomic E-state index is 12.3. The number of carbonyl (C=O) groups is 1. The lowest BCUT2D eigenvalue weighted by molar-refractivity contribution is 0.0932. The lowest BCUT2D eigenvalue weighted by Crippen LogP contribution is -2.33. The highest BCUT2D eigenvalue weighted by Crippen LogP contribution is 2.13. The zero-order chi connectivity index (χ0) is 17.6. The maximum absolute atomic E-state index is 12.3. The number of carbonyl (C=O) groups excluding carboxylic acids is 1. The number of rotatable bonds is 6. The van der Waals surface area contributed by atoms with E-state index in [0.29, 0.717) is 17.9 Å². The number of nitrogens with zero attached hydrogens (tertiary/aromatic N) is 4. The quantitative estimate of drug-likeness (QED) is 0.745. The molecule has 0 unspecified atom stereocenters. The molecule has 128 valence electrons. The maximum Gasteiger partial charge on any atom is 0.251 e. The van der Waals surface area contributed by atoms with E-state index in [0.717, 1.165) is 5.75 Å². The van der Waals surface area contributed by atoms with Crippen LogP contribution in [0.2, 0.25) is 0 Å². The van der Waals surface area contributed by atoms with Gasteiger partial charge in [-0.25, -0.2) is 14.6 Å². The van der Waals surface area contributed by atoms with Crippen LogP contribution in [0.25, 0.3) is 5.82 Å². The summed E-state index contributed by atoms with van der Waals surface area (Å²) in [5, 5.41) is 6.87. The number of nitrogens with one attached hydrogen (secondary N) is 1. The summed E-state index contributed by atoms with van der Waals surface area (Å²) in [6.07, 6.45) is 4.36. The second-order valence-corrected chi connectivity index (χ2v) is 5.69. The summed E-state index contributed by atoms with van der Waals surface area (Å²) >= 11 is 0. The Morgan fingerprint density at radius 2 is 2.08 bits per heavy atom. The van der Waals surface area contributed by atoms with E-state index in [2.05, 4.69) is 20.4 Å². The Labute approximate surface area is 145 Å². The number of pyridine rings is 1. The first kappa shape index (κ1) is 16.6. The van der Waals surface area contributed by atoms with E-state index in [4.69, 9.17) is 4.74 Å². The van der Waals surface area contributed by atoms with E-state index in [9.17, 15) is 4.79 Å². The van der Waals surface area contributed by atoms with Gasteiger partial charge in [0.15, 0.2) is 5.82 Å². The van der Waals surface area contributed by atoms with E-state index in [-0.39, 0.29) is 12.0 Å². The van der Waals surface area contributed by atoms with Gasteiger partial charge in [-0.2, -0.15) is 5.10 Å². The number of aryl methyl sites for hydroxylation is 1. The molecule has 0 spiro atoms. The number of aromatic nitrogens is 4. The lowest BCUT2D eigenvalue weighted by Gasteiger charge is -2.15. The van der Waals surface area contributed by atoms with Gasteiger partial charge in [-0.3, -0.25) is 4.79 Å². The van der Waals surface area contributed by atoms with Crippen LogP contribution in [-0.4, -0.2) is 38.3 Å². The standard InChI is InChI=1S/C18H19N5O2/c1-13-3-5-16(6-4-13)25-14(2)10-21-18(24)15-7-8-20-17(9-15)23-12-19-11-22-23/h3-9,11-12,14H,10H2,1-2H3,(H,21,24)/t14-/m1/s1. The monoisotopic (exact) mass is 337 g/mol. The van der Waals surface area contributed by atoms with Crippen LogP contribution >= 0.6 is 0 Å². The largest absolute Gasteiger partial charge is 0.489 e. The molecule has 0 saturated carbocycles. The van der Waals surface area contributed by atoms with Gasteiger partial charge in [0.1, 0.15) is 24.5 Å². The van der Waals surface area contributed by atoms with Crippen molar-refractivity contribution in [2.24, 2.45) is 0 Å². The highest BCUT2D eigenvalue weighted by molar-refractivity contribution is 5.94.